The first kappa shape index (κ1) is 10.9. The van der Waals surface area contributed by atoms with Gasteiger partial charge in [-0.05, 0) is 0 Å². The van der Waals surface area contributed by atoms with Crippen molar-refractivity contribution in [2.75, 3.05) is 5.73 Å². The second kappa shape index (κ2) is 4.36. The second-order valence-corrected chi connectivity index (χ2v) is 3.88. The molecule has 14 heavy (non-hydrogen) atoms. The smallest absolute Gasteiger partial charge is 0.220 e. The molecule has 0 saturated heterocycles. The molecule has 0 bridgehead atoms. The molecule has 6 nitrogen and oxygen atoms in total. The van der Waals surface area contributed by atoms with Crippen LogP contribution in [-0.4, -0.2) is 27.2 Å². The summed E-state index contributed by atoms with van der Waals surface area (Å²) in [6.45, 7) is 0. The number of rotatable bonds is 4. The molecular weight excluding hydrogens is 206 g/mol. The number of anilines is 1. The molecule has 2 unspecified atom stereocenters. The first-order valence-corrected chi connectivity index (χ1v) is 4.68. The van der Waals surface area contributed by atoms with Crippen molar-refractivity contribution in [2.24, 2.45) is 5.73 Å². The molecule has 0 fully saturated rings. The van der Waals surface area contributed by atoms with Crippen LogP contribution in [0.5, 0.6) is 0 Å². The summed E-state index contributed by atoms with van der Waals surface area (Å²) < 4.78 is 0. The Kier molecular flexibility index (Phi) is 3.39. The van der Waals surface area contributed by atoms with E-state index in [0.717, 1.165) is 11.3 Å². The van der Waals surface area contributed by atoms with Crippen LogP contribution in [0.4, 0.5) is 5.13 Å². The third-order valence-corrected chi connectivity index (χ3v) is 2.50. The third-order valence-electron chi connectivity index (χ3n) is 1.61. The Labute approximate surface area is 84.2 Å². The van der Waals surface area contributed by atoms with Crippen LogP contribution in [0.2, 0.25) is 0 Å². The summed E-state index contributed by atoms with van der Waals surface area (Å²) in [5.74, 6) is -0.672. The molecule has 0 aromatic carbocycles. The van der Waals surface area contributed by atoms with Crippen molar-refractivity contribution in [2.45, 2.75) is 18.6 Å². The van der Waals surface area contributed by atoms with Crippen molar-refractivity contribution >= 4 is 22.4 Å². The Balaban J connectivity index is 2.65. The molecular formula is C7H11N3O3S. The minimum Gasteiger partial charge on any atom is -0.389 e. The Hall–Kier alpha value is -1.18. The summed E-state index contributed by atoms with van der Waals surface area (Å²) in [4.78, 5) is 14.6. The van der Waals surface area contributed by atoms with Gasteiger partial charge in [0, 0.05) is 6.20 Å². The number of nitrogens with two attached hydrogens (primary N) is 2. The first-order valence-electron chi connectivity index (χ1n) is 3.86. The minimum absolute atomic E-state index is 0.293. The standard InChI is InChI=1S/C7H11N3O3S/c8-5(12)1-3(11)6(13)4-2-10-7(9)14-4/h2-3,6,11,13H,1H2,(H2,8,12)(H2,9,10). The number of amides is 1. The molecule has 0 aliphatic heterocycles. The van der Waals surface area contributed by atoms with E-state index in [0.29, 0.717) is 10.0 Å². The van der Waals surface area contributed by atoms with Gasteiger partial charge < -0.3 is 21.7 Å². The van der Waals surface area contributed by atoms with Crippen molar-refractivity contribution < 1.29 is 15.0 Å². The maximum atomic E-state index is 10.5. The van der Waals surface area contributed by atoms with Crippen LogP contribution in [0, 0.1) is 0 Å². The highest BCUT2D eigenvalue weighted by atomic mass is 32.1. The van der Waals surface area contributed by atoms with E-state index in [1.165, 1.54) is 6.20 Å². The zero-order valence-electron chi connectivity index (χ0n) is 7.25. The average molecular weight is 217 g/mol. The number of aliphatic hydroxyl groups excluding tert-OH is 2. The number of hydrogen-bond acceptors (Lipinski definition) is 6. The van der Waals surface area contributed by atoms with Gasteiger partial charge in [-0.2, -0.15) is 0 Å². The Morgan fingerprint density at radius 2 is 2.29 bits per heavy atom. The number of carbonyl (C=O) groups is 1. The molecule has 1 amide bonds. The number of aliphatic hydroxyl groups is 2. The fraction of sp³-hybridized carbons (Fsp3) is 0.429. The fourth-order valence-electron chi connectivity index (χ4n) is 0.945. The van der Waals surface area contributed by atoms with E-state index in [2.05, 4.69) is 4.98 Å². The monoisotopic (exact) mass is 217 g/mol. The third kappa shape index (κ3) is 2.66. The van der Waals surface area contributed by atoms with Gasteiger partial charge in [-0.1, -0.05) is 11.3 Å². The number of aromatic nitrogens is 1. The lowest BCUT2D eigenvalue weighted by Gasteiger charge is -2.13. The highest BCUT2D eigenvalue weighted by Crippen LogP contribution is 2.25. The molecule has 1 heterocycles. The average Bonchev–Trinajstić information content (AvgIpc) is 2.49. The van der Waals surface area contributed by atoms with E-state index in [-0.39, 0.29) is 6.42 Å². The maximum Gasteiger partial charge on any atom is 0.220 e. The Morgan fingerprint density at radius 1 is 1.64 bits per heavy atom. The van der Waals surface area contributed by atoms with Gasteiger partial charge in [0.15, 0.2) is 5.13 Å². The fourth-order valence-corrected chi connectivity index (χ4v) is 1.67. The van der Waals surface area contributed by atoms with Crippen LogP contribution in [0.1, 0.15) is 17.4 Å². The topological polar surface area (TPSA) is 122 Å². The molecule has 1 aromatic heterocycles. The van der Waals surface area contributed by atoms with E-state index in [1.807, 2.05) is 0 Å². The first-order chi connectivity index (χ1) is 6.50. The van der Waals surface area contributed by atoms with Gasteiger partial charge in [-0.25, -0.2) is 4.98 Å². The number of carbonyl (C=O) groups excluding carboxylic acids is 1. The highest BCUT2D eigenvalue weighted by molar-refractivity contribution is 7.15. The van der Waals surface area contributed by atoms with Crippen molar-refractivity contribution in [3.8, 4) is 0 Å². The molecule has 0 saturated carbocycles. The number of thiazole rings is 1. The molecule has 7 heteroatoms. The number of hydrogen-bond donors (Lipinski definition) is 4. The lowest BCUT2D eigenvalue weighted by molar-refractivity contribution is -0.121. The Morgan fingerprint density at radius 3 is 2.71 bits per heavy atom. The van der Waals surface area contributed by atoms with Gasteiger partial charge in [-0.3, -0.25) is 4.79 Å². The van der Waals surface area contributed by atoms with E-state index < -0.39 is 18.1 Å². The lowest BCUT2D eigenvalue weighted by atomic mass is 10.1. The van der Waals surface area contributed by atoms with Gasteiger partial charge in [0.1, 0.15) is 6.10 Å². The van der Waals surface area contributed by atoms with Crippen molar-refractivity contribution in [1.82, 2.24) is 4.98 Å². The van der Waals surface area contributed by atoms with Gasteiger partial charge in [0.25, 0.3) is 0 Å². The van der Waals surface area contributed by atoms with E-state index in [4.69, 9.17) is 11.5 Å². The molecule has 0 aliphatic rings. The number of nitrogen functional groups attached to an aromatic ring is 1. The number of primary amides is 1. The normalized spacial score (nSPS) is 15.0. The summed E-state index contributed by atoms with van der Waals surface area (Å²) in [5.41, 5.74) is 10.2. The largest absolute Gasteiger partial charge is 0.389 e. The molecule has 0 radical (unpaired) electrons. The van der Waals surface area contributed by atoms with E-state index in [9.17, 15) is 15.0 Å². The molecule has 6 N–H and O–H groups in total. The van der Waals surface area contributed by atoms with Gasteiger partial charge in [-0.15, -0.1) is 0 Å². The number of nitrogens with zero attached hydrogens (tertiary/aromatic N) is 1. The zero-order valence-corrected chi connectivity index (χ0v) is 8.07. The zero-order chi connectivity index (χ0) is 10.7. The van der Waals surface area contributed by atoms with Crippen LogP contribution >= 0.6 is 11.3 Å². The van der Waals surface area contributed by atoms with Crippen LogP contribution < -0.4 is 11.5 Å². The summed E-state index contributed by atoms with van der Waals surface area (Å²) >= 11 is 1.06. The van der Waals surface area contributed by atoms with Crippen molar-refractivity contribution in [1.29, 1.82) is 0 Å². The van der Waals surface area contributed by atoms with Crippen LogP contribution in [0.3, 0.4) is 0 Å². The summed E-state index contributed by atoms with van der Waals surface area (Å²) in [6, 6.07) is 0. The quantitative estimate of drug-likeness (QED) is 0.515. The summed E-state index contributed by atoms with van der Waals surface area (Å²) in [7, 11) is 0. The predicted octanol–water partition coefficient (Wildman–Crippen LogP) is -1.01. The minimum atomic E-state index is -1.22. The van der Waals surface area contributed by atoms with Gasteiger partial charge in [0.2, 0.25) is 5.91 Å². The van der Waals surface area contributed by atoms with Gasteiger partial charge >= 0.3 is 0 Å². The van der Waals surface area contributed by atoms with Crippen molar-refractivity contribution in [3.05, 3.63) is 11.1 Å². The SMILES string of the molecule is NC(=O)CC(O)C(O)c1cnc(N)s1. The van der Waals surface area contributed by atoms with Crippen LogP contribution in [0.25, 0.3) is 0 Å². The van der Waals surface area contributed by atoms with Crippen LogP contribution in [0.15, 0.2) is 6.20 Å². The maximum absolute atomic E-state index is 10.5. The Bertz CT molecular complexity index is 328. The summed E-state index contributed by atoms with van der Waals surface area (Å²) in [6.07, 6.45) is -1.32. The molecule has 1 aromatic rings. The predicted molar refractivity (Wildman–Crippen MR) is 51.3 cm³/mol. The highest BCUT2D eigenvalue weighted by Gasteiger charge is 2.22. The van der Waals surface area contributed by atoms with E-state index >= 15 is 0 Å². The summed E-state index contributed by atoms with van der Waals surface area (Å²) in [5, 5.41) is 19.1. The van der Waals surface area contributed by atoms with Crippen LogP contribution in [-0.2, 0) is 4.79 Å². The molecule has 2 atom stereocenters. The van der Waals surface area contributed by atoms with Crippen molar-refractivity contribution in [3.63, 3.8) is 0 Å². The van der Waals surface area contributed by atoms with E-state index in [1.54, 1.807) is 0 Å². The lowest BCUT2D eigenvalue weighted by Crippen LogP contribution is -2.25. The molecule has 1 rings (SSSR count). The molecule has 0 aliphatic carbocycles. The van der Waals surface area contributed by atoms with Gasteiger partial charge in [0.05, 0.1) is 17.4 Å². The second-order valence-electron chi connectivity index (χ2n) is 2.78. The molecule has 0 spiro atoms. The molecule has 78 valence electrons.